The van der Waals surface area contributed by atoms with Crippen molar-refractivity contribution in [2.75, 3.05) is 5.32 Å². The van der Waals surface area contributed by atoms with E-state index in [-0.39, 0.29) is 6.04 Å². The number of hydrogen-bond acceptors (Lipinski definition) is 2. The molecule has 26 heavy (non-hydrogen) atoms. The summed E-state index contributed by atoms with van der Waals surface area (Å²) in [6.45, 7) is 0. The Morgan fingerprint density at radius 3 is 2.50 bits per heavy atom. The number of alkyl halides is 3. The molecule has 1 fully saturated rings. The smallest absolute Gasteiger partial charge is 0.382 e. The van der Waals surface area contributed by atoms with Gasteiger partial charge in [0.2, 0.25) is 0 Å². The molecule has 138 valence electrons. The topological polar surface area (TPSA) is 12.0 Å². The molecule has 2 aromatic carbocycles. The first-order chi connectivity index (χ1) is 12.4. The second-order valence-electron chi connectivity index (χ2n) is 7.01. The van der Waals surface area contributed by atoms with Crippen LogP contribution >= 0.6 is 23.4 Å². The van der Waals surface area contributed by atoms with Gasteiger partial charge in [0.25, 0.3) is 0 Å². The van der Waals surface area contributed by atoms with Gasteiger partial charge in [-0.2, -0.15) is 13.2 Å². The molecule has 4 rings (SSSR count). The molecular weight excluding hydrogens is 379 g/mol. The standard InChI is InChI=1S/C20H19ClF3NS/c21-14-7-6-12-8-16-17(25-15-4-2-1-3-5-15)9-13(20(22,23)24)10-19(16)26-18(12)11-14/h6-7,9-11,15,25H,1-5,8H2. The Bertz CT molecular complexity index is 829. The second kappa shape index (κ2) is 7.01. The largest absolute Gasteiger partial charge is 0.416 e. The van der Waals surface area contributed by atoms with Crippen molar-refractivity contribution in [1.82, 2.24) is 0 Å². The van der Waals surface area contributed by atoms with E-state index in [4.69, 9.17) is 11.6 Å². The Balaban J connectivity index is 1.74. The average Bonchev–Trinajstić information content (AvgIpc) is 2.60. The van der Waals surface area contributed by atoms with E-state index < -0.39 is 11.7 Å². The minimum Gasteiger partial charge on any atom is -0.382 e. The summed E-state index contributed by atoms with van der Waals surface area (Å²) in [4.78, 5) is 1.61. The van der Waals surface area contributed by atoms with Crippen molar-refractivity contribution in [2.24, 2.45) is 0 Å². The Morgan fingerprint density at radius 1 is 1.00 bits per heavy atom. The number of hydrogen-bond donors (Lipinski definition) is 1. The van der Waals surface area contributed by atoms with Crippen LogP contribution in [0.25, 0.3) is 0 Å². The van der Waals surface area contributed by atoms with E-state index in [1.54, 1.807) is 0 Å². The molecule has 2 aromatic rings. The molecule has 0 atom stereocenters. The number of rotatable bonds is 2. The average molecular weight is 398 g/mol. The highest BCUT2D eigenvalue weighted by Gasteiger charge is 2.33. The zero-order valence-corrected chi connectivity index (χ0v) is 15.7. The molecule has 0 radical (unpaired) electrons. The number of anilines is 1. The van der Waals surface area contributed by atoms with Crippen LogP contribution in [-0.4, -0.2) is 6.04 Å². The van der Waals surface area contributed by atoms with Gasteiger partial charge in [0.05, 0.1) is 5.56 Å². The van der Waals surface area contributed by atoms with Crippen LogP contribution in [0.15, 0.2) is 40.1 Å². The van der Waals surface area contributed by atoms with Gasteiger partial charge in [-0.3, -0.25) is 0 Å². The Labute approximate surface area is 160 Å². The van der Waals surface area contributed by atoms with Crippen LogP contribution in [-0.2, 0) is 12.6 Å². The molecule has 0 unspecified atom stereocenters. The number of fused-ring (bicyclic) bond motifs is 2. The van der Waals surface area contributed by atoms with Gasteiger partial charge in [-0.05, 0) is 48.2 Å². The molecule has 0 saturated heterocycles. The lowest BCUT2D eigenvalue weighted by Crippen LogP contribution is -2.24. The van der Waals surface area contributed by atoms with E-state index >= 15 is 0 Å². The van der Waals surface area contributed by atoms with E-state index in [0.29, 0.717) is 22.0 Å². The summed E-state index contributed by atoms with van der Waals surface area (Å²) in [6.07, 6.45) is 1.79. The predicted octanol–water partition coefficient (Wildman–Crippen LogP) is 7.16. The zero-order chi connectivity index (χ0) is 18.3. The second-order valence-corrected chi connectivity index (χ2v) is 8.53. The minimum absolute atomic E-state index is 0.257. The van der Waals surface area contributed by atoms with E-state index in [1.807, 2.05) is 18.2 Å². The molecule has 1 aliphatic heterocycles. The van der Waals surface area contributed by atoms with Crippen molar-refractivity contribution in [3.05, 3.63) is 52.0 Å². The molecule has 1 saturated carbocycles. The quantitative estimate of drug-likeness (QED) is 0.492. The van der Waals surface area contributed by atoms with Crippen molar-refractivity contribution in [2.45, 2.75) is 60.5 Å². The zero-order valence-electron chi connectivity index (χ0n) is 14.1. The summed E-state index contributed by atoms with van der Waals surface area (Å²) < 4.78 is 40.3. The molecule has 2 aliphatic rings. The van der Waals surface area contributed by atoms with Crippen LogP contribution in [0.2, 0.25) is 5.02 Å². The first kappa shape index (κ1) is 18.1. The molecule has 0 bridgehead atoms. The third-order valence-electron chi connectivity index (χ3n) is 5.12. The monoisotopic (exact) mass is 397 g/mol. The van der Waals surface area contributed by atoms with Gasteiger partial charge in [0.1, 0.15) is 0 Å². The van der Waals surface area contributed by atoms with Gasteiger partial charge in [0.15, 0.2) is 0 Å². The normalized spacial score (nSPS) is 17.5. The maximum atomic E-state index is 13.4. The molecule has 0 amide bonds. The highest BCUT2D eigenvalue weighted by atomic mass is 35.5. The fourth-order valence-corrected chi connectivity index (χ4v) is 5.18. The van der Waals surface area contributed by atoms with Crippen molar-refractivity contribution < 1.29 is 13.2 Å². The summed E-state index contributed by atoms with van der Waals surface area (Å²) >= 11 is 7.44. The van der Waals surface area contributed by atoms with Crippen molar-refractivity contribution >= 4 is 29.1 Å². The SMILES string of the molecule is FC(F)(F)c1cc(NC2CCCCC2)c2c(c1)Sc1cc(Cl)ccc1C2. The molecule has 1 nitrogen and oxygen atoms in total. The third-order valence-corrected chi connectivity index (χ3v) is 6.54. The van der Waals surface area contributed by atoms with Crippen LogP contribution in [0, 0.1) is 0 Å². The van der Waals surface area contributed by atoms with E-state index in [1.165, 1.54) is 30.3 Å². The van der Waals surface area contributed by atoms with Crippen LogP contribution in [0.4, 0.5) is 18.9 Å². The van der Waals surface area contributed by atoms with Crippen LogP contribution in [0.1, 0.15) is 48.8 Å². The van der Waals surface area contributed by atoms with Crippen LogP contribution in [0.3, 0.4) is 0 Å². The molecule has 0 aromatic heterocycles. The maximum Gasteiger partial charge on any atom is 0.416 e. The summed E-state index contributed by atoms with van der Waals surface area (Å²) in [7, 11) is 0. The lowest BCUT2D eigenvalue weighted by Gasteiger charge is -2.29. The number of nitrogens with one attached hydrogen (secondary N) is 1. The summed E-state index contributed by atoms with van der Waals surface area (Å²) in [5.41, 5.74) is 2.11. The molecular formula is C20H19ClF3NS. The van der Waals surface area contributed by atoms with Gasteiger partial charge in [-0.25, -0.2) is 0 Å². The Hall–Kier alpha value is -1.33. The lowest BCUT2D eigenvalue weighted by atomic mass is 9.94. The number of halogens is 4. The predicted molar refractivity (Wildman–Crippen MR) is 100 cm³/mol. The van der Waals surface area contributed by atoms with E-state index in [2.05, 4.69) is 5.32 Å². The maximum absolute atomic E-state index is 13.4. The molecule has 6 heteroatoms. The van der Waals surface area contributed by atoms with E-state index in [9.17, 15) is 13.2 Å². The van der Waals surface area contributed by atoms with Gasteiger partial charge < -0.3 is 5.32 Å². The van der Waals surface area contributed by atoms with Crippen LogP contribution in [0.5, 0.6) is 0 Å². The summed E-state index contributed by atoms with van der Waals surface area (Å²) in [5, 5.41) is 4.03. The van der Waals surface area contributed by atoms with Gasteiger partial charge in [0, 0.05) is 33.0 Å². The number of benzene rings is 2. The fourth-order valence-electron chi connectivity index (χ4n) is 3.76. The Kier molecular flexibility index (Phi) is 4.86. The molecule has 0 spiro atoms. The first-order valence-corrected chi connectivity index (χ1v) is 10.1. The fraction of sp³-hybridized carbons (Fsp3) is 0.400. The van der Waals surface area contributed by atoms with Gasteiger partial charge in [-0.1, -0.05) is 48.7 Å². The molecule has 1 N–H and O–H groups in total. The highest BCUT2D eigenvalue weighted by Crippen LogP contribution is 2.46. The highest BCUT2D eigenvalue weighted by molar-refractivity contribution is 7.99. The Morgan fingerprint density at radius 2 is 1.77 bits per heavy atom. The third kappa shape index (κ3) is 3.70. The lowest BCUT2D eigenvalue weighted by molar-refractivity contribution is -0.137. The first-order valence-electron chi connectivity index (χ1n) is 8.87. The molecule has 1 heterocycles. The minimum atomic E-state index is -4.35. The van der Waals surface area contributed by atoms with Crippen LogP contribution < -0.4 is 5.32 Å². The molecule has 1 aliphatic carbocycles. The summed E-state index contributed by atoms with van der Waals surface area (Å²) in [6, 6.07) is 8.46. The van der Waals surface area contributed by atoms with Gasteiger partial charge >= 0.3 is 6.18 Å². The van der Waals surface area contributed by atoms with Crippen molar-refractivity contribution in [3.8, 4) is 0 Å². The van der Waals surface area contributed by atoms with Crippen molar-refractivity contribution in [1.29, 1.82) is 0 Å². The van der Waals surface area contributed by atoms with Gasteiger partial charge in [-0.15, -0.1) is 0 Å². The van der Waals surface area contributed by atoms with Crippen molar-refractivity contribution in [3.63, 3.8) is 0 Å². The van der Waals surface area contributed by atoms with E-state index in [0.717, 1.165) is 41.7 Å². The summed E-state index contributed by atoms with van der Waals surface area (Å²) in [5.74, 6) is 0.